The zero-order valence-corrected chi connectivity index (χ0v) is 13.9. The second kappa shape index (κ2) is 6.77. The maximum Gasteiger partial charge on any atom is 0.149 e. The molecule has 0 spiro atoms. The van der Waals surface area contributed by atoms with Crippen LogP contribution >= 0.6 is 11.3 Å². The molecule has 0 aliphatic carbocycles. The van der Waals surface area contributed by atoms with Crippen LogP contribution in [0.25, 0.3) is 0 Å². The van der Waals surface area contributed by atoms with Gasteiger partial charge in [0.25, 0.3) is 0 Å². The van der Waals surface area contributed by atoms with Crippen molar-refractivity contribution in [2.24, 2.45) is 0 Å². The molecule has 0 aliphatic heterocycles. The molecule has 0 bridgehead atoms. The average Bonchev–Trinajstić information content (AvgIpc) is 2.82. The third kappa shape index (κ3) is 5.16. The van der Waals surface area contributed by atoms with E-state index in [0.717, 1.165) is 35.8 Å². The molecule has 5 heteroatoms. The van der Waals surface area contributed by atoms with E-state index >= 15 is 0 Å². The number of hydrogen-bond acceptors (Lipinski definition) is 5. The van der Waals surface area contributed by atoms with Crippen LogP contribution in [0.1, 0.15) is 57.5 Å². The van der Waals surface area contributed by atoms with Crippen LogP contribution < -0.4 is 5.32 Å². The molecule has 4 nitrogen and oxygen atoms in total. The summed E-state index contributed by atoms with van der Waals surface area (Å²) in [6, 6.07) is 0. The van der Waals surface area contributed by atoms with E-state index in [0.29, 0.717) is 0 Å². The first-order chi connectivity index (χ1) is 8.80. The standard InChI is InChI=1S/C14H27N3OS/c1-7-14(5,18-6)12-17-16-11(19-12)9-8-10-15-13(2,3)4/h15H,7-10H2,1-6H3. The molecule has 0 radical (unpaired) electrons. The van der Waals surface area contributed by atoms with Crippen molar-refractivity contribution in [3.8, 4) is 0 Å². The number of aryl methyl sites for hydroxylation is 1. The van der Waals surface area contributed by atoms with Gasteiger partial charge in [0.2, 0.25) is 0 Å². The van der Waals surface area contributed by atoms with Crippen LogP contribution in [-0.4, -0.2) is 29.4 Å². The Kier molecular flexibility index (Phi) is 5.89. The van der Waals surface area contributed by atoms with Gasteiger partial charge in [-0.25, -0.2) is 0 Å². The lowest BCUT2D eigenvalue weighted by Gasteiger charge is -2.22. The third-order valence-electron chi connectivity index (χ3n) is 3.27. The molecule has 0 fully saturated rings. The van der Waals surface area contributed by atoms with Crippen molar-refractivity contribution >= 4 is 11.3 Å². The van der Waals surface area contributed by atoms with E-state index in [1.165, 1.54) is 0 Å². The molecule has 1 heterocycles. The highest BCUT2D eigenvalue weighted by Crippen LogP contribution is 2.30. The minimum Gasteiger partial charge on any atom is -0.371 e. The van der Waals surface area contributed by atoms with E-state index in [1.807, 2.05) is 0 Å². The minimum atomic E-state index is -0.292. The van der Waals surface area contributed by atoms with E-state index in [1.54, 1.807) is 18.4 Å². The molecule has 1 aromatic heterocycles. The Morgan fingerprint density at radius 1 is 1.21 bits per heavy atom. The number of nitrogens with one attached hydrogen (secondary N) is 1. The van der Waals surface area contributed by atoms with Crippen molar-refractivity contribution in [2.45, 2.75) is 65.0 Å². The fourth-order valence-electron chi connectivity index (χ4n) is 1.65. The Morgan fingerprint density at radius 3 is 2.42 bits per heavy atom. The van der Waals surface area contributed by atoms with Crippen molar-refractivity contribution in [3.63, 3.8) is 0 Å². The zero-order valence-electron chi connectivity index (χ0n) is 13.0. The van der Waals surface area contributed by atoms with Gasteiger partial charge < -0.3 is 10.1 Å². The van der Waals surface area contributed by atoms with Gasteiger partial charge in [0.1, 0.15) is 15.6 Å². The molecule has 1 atom stereocenters. The summed E-state index contributed by atoms with van der Waals surface area (Å²) in [5.41, 5.74) is -0.108. The van der Waals surface area contributed by atoms with Crippen molar-refractivity contribution in [2.75, 3.05) is 13.7 Å². The molecule has 0 saturated carbocycles. The topological polar surface area (TPSA) is 47.0 Å². The van der Waals surface area contributed by atoms with Crippen LogP contribution in [0.15, 0.2) is 0 Å². The molecule has 0 aliphatic rings. The second-order valence-corrected chi connectivity index (χ2v) is 7.13. The van der Waals surface area contributed by atoms with Gasteiger partial charge in [-0.3, -0.25) is 0 Å². The molecule has 0 amide bonds. The highest BCUT2D eigenvalue weighted by molar-refractivity contribution is 7.11. The van der Waals surface area contributed by atoms with Gasteiger partial charge in [0, 0.05) is 19.1 Å². The summed E-state index contributed by atoms with van der Waals surface area (Å²) in [5, 5.41) is 14.1. The van der Waals surface area contributed by atoms with Crippen LogP contribution in [0.2, 0.25) is 0 Å². The van der Waals surface area contributed by atoms with Gasteiger partial charge >= 0.3 is 0 Å². The summed E-state index contributed by atoms with van der Waals surface area (Å²) in [5.74, 6) is 0. The third-order valence-corrected chi connectivity index (χ3v) is 4.50. The van der Waals surface area contributed by atoms with E-state index in [4.69, 9.17) is 4.74 Å². The van der Waals surface area contributed by atoms with Crippen LogP contribution in [0.5, 0.6) is 0 Å². The largest absolute Gasteiger partial charge is 0.371 e. The monoisotopic (exact) mass is 285 g/mol. The highest BCUT2D eigenvalue weighted by Gasteiger charge is 2.28. The predicted molar refractivity (Wildman–Crippen MR) is 80.6 cm³/mol. The summed E-state index contributed by atoms with van der Waals surface area (Å²) < 4.78 is 5.55. The van der Waals surface area contributed by atoms with Crippen molar-refractivity contribution in [1.29, 1.82) is 0 Å². The Bertz CT molecular complexity index is 380. The molecule has 0 saturated heterocycles. The number of nitrogens with zero attached hydrogens (tertiary/aromatic N) is 2. The number of aromatic nitrogens is 2. The smallest absolute Gasteiger partial charge is 0.149 e. The summed E-state index contributed by atoms with van der Waals surface area (Å²) in [6.07, 6.45) is 2.97. The normalized spacial score (nSPS) is 15.5. The molecule has 19 heavy (non-hydrogen) atoms. The second-order valence-electron chi connectivity index (χ2n) is 6.07. The Hall–Kier alpha value is -0.520. The van der Waals surface area contributed by atoms with Crippen LogP contribution in [0.3, 0.4) is 0 Å². The maximum absolute atomic E-state index is 5.55. The summed E-state index contributed by atoms with van der Waals surface area (Å²) in [7, 11) is 1.73. The summed E-state index contributed by atoms with van der Waals surface area (Å²) in [6.45, 7) is 11.7. The number of methoxy groups -OCH3 is 1. The summed E-state index contributed by atoms with van der Waals surface area (Å²) in [4.78, 5) is 0. The Morgan fingerprint density at radius 2 is 1.89 bits per heavy atom. The fraction of sp³-hybridized carbons (Fsp3) is 0.857. The number of ether oxygens (including phenoxy) is 1. The first-order valence-corrected chi connectivity index (χ1v) is 7.75. The molecule has 1 unspecified atom stereocenters. The number of rotatable bonds is 7. The molecule has 0 aromatic carbocycles. The maximum atomic E-state index is 5.55. The van der Waals surface area contributed by atoms with Crippen molar-refractivity contribution in [3.05, 3.63) is 10.0 Å². The predicted octanol–water partition coefficient (Wildman–Crippen LogP) is 3.13. The van der Waals surface area contributed by atoms with Gasteiger partial charge in [-0.2, -0.15) is 0 Å². The molecule has 110 valence electrons. The van der Waals surface area contributed by atoms with Crippen LogP contribution in [-0.2, 0) is 16.8 Å². The van der Waals surface area contributed by atoms with Gasteiger partial charge in [-0.05, 0) is 47.1 Å². The lowest BCUT2D eigenvalue weighted by molar-refractivity contribution is -0.00207. The zero-order chi connectivity index (χ0) is 14.5. The van der Waals surface area contributed by atoms with Gasteiger partial charge in [0.15, 0.2) is 0 Å². The molecule has 1 aromatic rings. The van der Waals surface area contributed by atoms with Crippen molar-refractivity contribution in [1.82, 2.24) is 15.5 Å². The van der Waals surface area contributed by atoms with Crippen LogP contribution in [0, 0.1) is 0 Å². The molecule has 1 rings (SSSR count). The van der Waals surface area contributed by atoms with Crippen LogP contribution in [0.4, 0.5) is 0 Å². The Balaban J connectivity index is 2.47. The SMILES string of the molecule is CCC(C)(OC)c1nnc(CCCNC(C)(C)C)s1. The lowest BCUT2D eigenvalue weighted by atomic mass is 10.1. The van der Waals surface area contributed by atoms with E-state index in [9.17, 15) is 0 Å². The van der Waals surface area contributed by atoms with Gasteiger partial charge in [0.05, 0.1) is 0 Å². The Labute approximate surface area is 121 Å². The first-order valence-electron chi connectivity index (χ1n) is 6.94. The van der Waals surface area contributed by atoms with E-state index < -0.39 is 0 Å². The van der Waals surface area contributed by atoms with Gasteiger partial charge in [-0.1, -0.05) is 18.3 Å². The highest BCUT2D eigenvalue weighted by atomic mass is 32.1. The average molecular weight is 285 g/mol. The van der Waals surface area contributed by atoms with E-state index in [-0.39, 0.29) is 11.1 Å². The molecular formula is C14H27N3OS. The number of hydrogen-bond donors (Lipinski definition) is 1. The van der Waals surface area contributed by atoms with Crippen molar-refractivity contribution < 1.29 is 4.74 Å². The quantitative estimate of drug-likeness (QED) is 0.782. The minimum absolute atomic E-state index is 0.184. The molecule has 1 N–H and O–H groups in total. The fourth-order valence-corrected chi connectivity index (χ4v) is 2.73. The van der Waals surface area contributed by atoms with Gasteiger partial charge in [-0.15, -0.1) is 10.2 Å². The van der Waals surface area contributed by atoms with E-state index in [2.05, 4.69) is 50.1 Å². The summed E-state index contributed by atoms with van der Waals surface area (Å²) >= 11 is 1.67. The molecular weight excluding hydrogens is 258 g/mol. The lowest BCUT2D eigenvalue weighted by Crippen LogP contribution is -2.36. The first kappa shape index (κ1) is 16.5.